The van der Waals surface area contributed by atoms with Crippen molar-refractivity contribution in [1.82, 2.24) is 10.0 Å². The zero-order chi connectivity index (χ0) is 7.61. The van der Waals surface area contributed by atoms with Crippen LogP contribution in [0.2, 0.25) is 0 Å². The lowest BCUT2D eigenvalue weighted by molar-refractivity contribution is 0.455. The molecule has 1 unspecified atom stereocenters. The minimum Gasteiger partial charge on any atom is -0.315 e. The Morgan fingerprint density at radius 1 is 1.60 bits per heavy atom. The van der Waals surface area contributed by atoms with Crippen molar-refractivity contribution in [2.24, 2.45) is 0 Å². The van der Waals surface area contributed by atoms with Crippen molar-refractivity contribution in [2.45, 2.75) is 12.5 Å². The van der Waals surface area contributed by atoms with Crippen LogP contribution < -0.4 is 10.0 Å². The Labute approximate surface area is 59.7 Å². The van der Waals surface area contributed by atoms with Gasteiger partial charge in [-0.1, -0.05) is 0 Å². The molecule has 1 rings (SSSR count). The molecule has 1 aliphatic heterocycles. The lowest BCUT2D eigenvalue weighted by Gasteiger charge is -2.05. The van der Waals surface area contributed by atoms with Crippen LogP contribution in [0.3, 0.4) is 0 Å². The van der Waals surface area contributed by atoms with E-state index >= 15 is 0 Å². The molecule has 6 heteroatoms. The second kappa shape index (κ2) is 2.83. The van der Waals surface area contributed by atoms with Crippen molar-refractivity contribution >= 4 is 10.3 Å². The lowest BCUT2D eigenvalue weighted by Crippen LogP contribution is -2.35. The van der Waals surface area contributed by atoms with Crippen LogP contribution in [0.5, 0.6) is 0 Å². The highest BCUT2D eigenvalue weighted by Crippen LogP contribution is 1.97. The second-order valence-corrected chi connectivity index (χ2v) is 3.47. The van der Waals surface area contributed by atoms with Crippen LogP contribution in [0.15, 0.2) is 0 Å². The first-order valence-corrected chi connectivity index (χ1v) is 4.47. The standard InChI is InChI=1S/C4H10N2O3S/c7-10(8,9)6-4-1-2-5-3-4/h4-6H,1-3H2,(H,7,8,9). The summed E-state index contributed by atoms with van der Waals surface area (Å²) in [6.07, 6.45) is 0.736. The van der Waals surface area contributed by atoms with Gasteiger partial charge in [-0.15, -0.1) is 0 Å². The minimum absolute atomic E-state index is 0.144. The summed E-state index contributed by atoms with van der Waals surface area (Å²) in [6.45, 7) is 1.40. The molecule has 0 aromatic heterocycles. The summed E-state index contributed by atoms with van der Waals surface area (Å²) in [5.41, 5.74) is 0. The molecule has 0 saturated carbocycles. The van der Waals surface area contributed by atoms with Gasteiger partial charge in [0.05, 0.1) is 0 Å². The van der Waals surface area contributed by atoms with Crippen molar-refractivity contribution < 1.29 is 13.0 Å². The van der Waals surface area contributed by atoms with Gasteiger partial charge in [-0.3, -0.25) is 4.55 Å². The van der Waals surface area contributed by atoms with E-state index in [9.17, 15) is 8.42 Å². The van der Waals surface area contributed by atoms with E-state index < -0.39 is 10.3 Å². The van der Waals surface area contributed by atoms with Crippen LogP contribution in [0.1, 0.15) is 6.42 Å². The zero-order valence-electron chi connectivity index (χ0n) is 5.37. The van der Waals surface area contributed by atoms with Crippen LogP contribution in [-0.2, 0) is 10.3 Å². The second-order valence-electron chi connectivity index (χ2n) is 2.28. The highest BCUT2D eigenvalue weighted by molar-refractivity contribution is 7.83. The third kappa shape index (κ3) is 2.61. The third-order valence-corrected chi connectivity index (χ3v) is 2.01. The summed E-state index contributed by atoms with van der Waals surface area (Å²) in [6, 6.07) is -0.144. The Morgan fingerprint density at radius 2 is 2.30 bits per heavy atom. The van der Waals surface area contributed by atoms with Crippen molar-refractivity contribution in [2.75, 3.05) is 13.1 Å². The zero-order valence-corrected chi connectivity index (χ0v) is 6.19. The quantitative estimate of drug-likeness (QED) is 0.447. The topological polar surface area (TPSA) is 78.4 Å². The minimum atomic E-state index is -4.00. The molecule has 1 saturated heterocycles. The SMILES string of the molecule is O=S(=O)(O)NC1CCNC1. The fourth-order valence-corrected chi connectivity index (χ4v) is 1.59. The molecule has 0 bridgehead atoms. The fraction of sp³-hybridized carbons (Fsp3) is 1.00. The molecule has 1 atom stereocenters. The van der Waals surface area contributed by atoms with Gasteiger partial charge in [0.25, 0.3) is 0 Å². The number of nitrogens with one attached hydrogen (secondary N) is 2. The molecule has 60 valence electrons. The first-order chi connectivity index (χ1) is 4.58. The Balaban J connectivity index is 2.38. The van der Waals surface area contributed by atoms with E-state index in [1.54, 1.807) is 0 Å². The molecule has 5 nitrogen and oxygen atoms in total. The highest BCUT2D eigenvalue weighted by Gasteiger charge is 2.18. The van der Waals surface area contributed by atoms with E-state index in [2.05, 4.69) is 10.0 Å². The first kappa shape index (κ1) is 7.93. The van der Waals surface area contributed by atoms with E-state index in [0.717, 1.165) is 13.0 Å². The Morgan fingerprint density at radius 3 is 2.70 bits per heavy atom. The molecule has 3 N–H and O–H groups in total. The van der Waals surface area contributed by atoms with Gasteiger partial charge in [-0.2, -0.15) is 13.1 Å². The summed E-state index contributed by atoms with van der Waals surface area (Å²) in [5.74, 6) is 0. The van der Waals surface area contributed by atoms with Gasteiger partial charge in [-0.25, -0.2) is 0 Å². The van der Waals surface area contributed by atoms with Crippen LogP contribution in [0.4, 0.5) is 0 Å². The molecule has 0 aromatic carbocycles. The van der Waals surface area contributed by atoms with Crippen molar-refractivity contribution in [3.05, 3.63) is 0 Å². The van der Waals surface area contributed by atoms with Crippen LogP contribution >= 0.6 is 0 Å². The van der Waals surface area contributed by atoms with Gasteiger partial charge in [0, 0.05) is 12.6 Å². The van der Waals surface area contributed by atoms with Crippen LogP contribution in [-0.4, -0.2) is 32.1 Å². The maximum Gasteiger partial charge on any atom is 0.333 e. The van der Waals surface area contributed by atoms with Gasteiger partial charge in [0.1, 0.15) is 0 Å². The predicted molar refractivity (Wildman–Crippen MR) is 36.0 cm³/mol. The molecule has 0 aliphatic carbocycles. The largest absolute Gasteiger partial charge is 0.333 e. The van der Waals surface area contributed by atoms with Gasteiger partial charge in [-0.05, 0) is 13.0 Å². The molecular formula is C4H10N2O3S. The Bertz CT molecular complexity index is 195. The smallest absolute Gasteiger partial charge is 0.315 e. The van der Waals surface area contributed by atoms with E-state index in [-0.39, 0.29) is 6.04 Å². The first-order valence-electron chi connectivity index (χ1n) is 3.03. The van der Waals surface area contributed by atoms with Gasteiger partial charge < -0.3 is 5.32 Å². The average Bonchev–Trinajstić information content (AvgIpc) is 2.12. The predicted octanol–water partition coefficient (Wildman–Crippen LogP) is -1.26. The van der Waals surface area contributed by atoms with Gasteiger partial charge in [0.2, 0.25) is 0 Å². The van der Waals surface area contributed by atoms with Gasteiger partial charge >= 0.3 is 10.3 Å². The molecule has 1 fully saturated rings. The summed E-state index contributed by atoms with van der Waals surface area (Å²) in [5, 5.41) is 2.96. The molecule has 0 radical (unpaired) electrons. The maximum absolute atomic E-state index is 10.2. The van der Waals surface area contributed by atoms with Crippen molar-refractivity contribution in [3.63, 3.8) is 0 Å². The third-order valence-electron chi connectivity index (χ3n) is 1.38. The van der Waals surface area contributed by atoms with Gasteiger partial charge in [0.15, 0.2) is 0 Å². The van der Waals surface area contributed by atoms with Crippen molar-refractivity contribution in [1.29, 1.82) is 0 Å². The van der Waals surface area contributed by atoms with E-state index in [1.165, 1.54) is 0 Å². The Kier molecular flexibility index (Phi) is 2.24. The monoisotopic (exact) mass is 166 g/mol. The average molecular weight is 166 g/mol. The van der Waals surface area contributed by atoms with E-state index in [1.807, 2.05) is 0 Å². The summed E-state index contributed by atoms with van der Waals surface area (Å²) in [4.78, 5) is 0. The molecular weight excluding hydrogens is 156 g/mol. The van der Waals surface area contributed by atoms with Crippen LogP contribution in [0.25, 0.3) is 0 Å². The maximum atomic E-state index is 10.2. The lowest BCUT2D eigenvalue weighted by atomic mass is 10.3. The molecule has 1 heterocycles. The molecule has 10 heavy (non-hydrogen) atoms. The van der Waals surface area contributed by atoms with E-state index in [0.29, 0.717) is 6.54 Å². The Hall–Kier alpha value is -0.170. The highest BCUT2D eigenvalue weighted by atomic mass is 32.2. The fourth-order valence-electron chi connectivity index (χ4n) is 0.966. The summed E-state index contributed by atoms with van der Waals surface area (Å²) in [7, 11) is -4.00. The summed E-state index contributed by atoms with van der Waals surface area (Å²) < 4.78 is 30.8. The molecule has 0 aromatic rings. The molecule has 0 spiro atoms. The van der Waals surface area contributed by atoms with Crippen LogP contribution in [0, 0.1) is 0 Å². The summed E-state index contributed by atoms with van der Waals surface area (Å²) >= 11 is 0. The van der Waals surface area contributed by atoms with Crippen molar-refractivity contribution in [3.8, 4) is 0 Å². The number of hydrogen-bond donors (Lipinski definition) is 3. The molecule has 1 aliphatic rings. The molecule has 0 amide bonds. The number of hydrogen-bond acceptors (Lipinski definition) is 3. The normalized spacial score (nSPS) is 27.1. The number of rotatable bonds is 2. The van der Waals surface area contributed by atoms with E-state index in [4.69, 9.17) is 4.55 Å².